The molecule has 1 aliphatic heterocycles. The number of nitrogens with one attached hydrogen (secondary N) is 2. The molecule has 0 fully saturated rings. The van der Waals surface area contributed by atoms with E-state index in [9.17, 15) is 4.79 Å². The van der Waals surface area contributed by atoms with E-state index in [1.165, 1.54) is 14.8 Å². The SMILES string of the molecule is O=c1c2c3c(sc2nc2[nH][nH]c(=S)n12)CN(Cc1ccccc1)CC3. The Morgan fingerprint density at radius 1 is 1.24 bits per heavy atom. The molecule has 0 spiro atoms. The van der Waals surface area contributed by atoms with Crippen LogP contribution in [0.3, 0.4) is 0 Å². The van der Waals surface area contributed by atoms with E-state index in [1.807, 2.05) is 6.07 Å². The van der Waals surface area contributed by atoms with Crippen molar-refractivity contribution in [3.05, 3.63) is 61.5 Å². The second kappa shape index (κ2) is 5.62. The van der Waals surface area contributed by atoms with E-state index in [1.54, 1.807) is 11.3 Å². The summed E-state index contributed by atoms with van der Waals surface area (Å²) in [5.41, 5.74) is 2.38. The Kier molecular flexibility index (Phi) is 3.37. The van der Waals surface area contributed by atoms with Gasteiger partial charge in [-0.15, -0.1) is 11.3 Å². The fourth-order valence-corrected chi connectivity index (χ4v) is 4.98. The number of thiophene rings is 1. The van der Waals surface area contributed by atoms with Crippen molar-refractivity contribution < 1.29 is 0 Å². The van der Waals surface area contributed by atoms with Crippen LogP contribution in [-0.4, -0.2) is 31.0 Å². The minimum absolute atomic E-state index is 0.0727. The van der Waals surface area contributed by atoms with Gasteiger partial charge < -0.3 is 0 Å². The largest absolute Gasteiger partial charge is 0.294 e. The van der Waals surface area contributed by atoms with Gasteiger partial charge in [0.05, 0.1) is 5.39 Å². The molecule has 25 heavy (non-hydrogen) atoms. The molecule has 0 aliphatic carbocycles. The van der Waals surface area contributed by atoms with Crippen molar-refractivity contribution in [3.63, 3.8) is 0 Å². The maximum absolute atomic E-state index is 12.9. The highest BCUT2D eigenvalue weighted by Gasteiger charge is 2.24. The summed E-state index contributed by atoms with van der Waals surface area (Å²) in [5.74, 6) is 0.474. The molecule has 0 saturated heterocycles. The molecule has 8 heteroatoms. The molecule has 1 aliphatic rings. The van der Waals surface area contributed by atoms with Crippen molar-refractivity contribution in [2.24, 2.45) is 0 Å². The van der Waals surface area contributed by atoms with E-state index in [0.29, 0.717) is 10.5 Å². The van der Waals surface area contributed by atoms with E-state index in [2.05, 4.69) is 44.3 Å². The maximum atomic E-state index is 12.9. The normalized spacial score (nSPS) is 15.0. The summed E-state index contributed by atoms with van der Waals surface area (Å²) in [7, 11) is 0. The molecule has 126 valence electrons. The zero-order valence-corrected chi connectivity index (χ0v) is 14.9. The standard InChI is InChI=1S/C17H15N5OS2/c23-15-13-11-6-7-21(8-10-4-2-1-3-5-10)9-12(11)25-14(13)18-16-19-20-17(24)22(15)16/h1-5H,6-9H2,(H,18,19)(H,20,24). The Morgan fingerprint density at radius 2 is 2.08 bits per heavy atom. The van der Waals surface area contributed by atoms with Crippen LogP contribution in [-0.2, 0) is 19.5 Å². The highest BCUT2D eigenvalue weighted by Crippen LogP contribution is 2.33. The molecule has 0 unspecified atom stereocenters. The van der Waals surface area contributed by atoms with Crippen LogP contribution in [0.1, 0.15) is 16.0 Å². The number of H-pyrrole nitrogens is 2. The molecule has 0 bridgehead atoms. The first-order chi connectivity index (χ1) is 12.2. The van der Waals surface area contributed by atoms with Crippen LogP contribution in [0.25, 0.3) is 16.0 Å². The lowest BCUT2D eigenvalue weighted by Crippen LogP contribution is -2.29. The fraction of sp³-hybridized carbons (Fsp3) is 0.235. The second-order valence-electron chi connectivity index (χ2n) is 6.26. The Balaban J connectivity index is 1.58. The molecule has 1 aromatic carbocycles. The maximum Gasteiger partial charge on any atom is 0.270 e. The molecule has 4 heterocycles. The Morgan fingerprint density at radius 3 is 2.92 bits per heavy atom. The number of aromatic nitrogens is 4. The van der Waals surface area contributed by atoms with Crippen LogP contribution in [0.4, 0.5) is 0 Å². The topological polar surface area (TPSA) is 69.2 Å². The van der Waals surface area contributed by atoms with E-state index in [0.717, 1.165) is 41.8 Å². The van der Waals surface area contributed by atoms with Crippen molar-refractivity contribution in [2.75, 3.05) is 6.54 Å². The lowest BCUT2D eigenvalue weighted by atomic mass is 10.0. The van der Waals surface area contributed by atoms with Crippen molar-refractivity contribution in [3.8, 4) is 0 Å². The predicted octanol–water partition coefficient (Wildman–Crippen LogP) is 2.85. The first-order valence-electron chi connectivity index (χ1n) is 8.10. The van der Waals surface area contributed by atoms with E-state index in [4.69, 9.17) is 12.2 Å². The minimum Gasteiger partial charge on any atom is -0.294 e. The average Bonchev–Trinajstić information content (AvgIpc) is 3.16. The number of aromatic amines is 2. The Labute approximate surface area is 151 Å². The molecule has 2 N–H and O–H groups in total. The smallest absolute Gasteiger partial charge is 0.270 e. The lowest BCUT2D eigenvalue weighted by Gasteiger charge is -2.26. The second-order valence-corrected chi connectivity index (χ2v) is 7.73. The third-order valence-corrected chi connectivity index (χ3v) is 6.08. The number of benzene rings is 1. The van der Waals surface area contributed by atoms with Gasteiger partial charge in [-0.05, 0) is 29.8 Å². The fourth-order valence-electron chi connectivity index (χ4n) is 3.51. The number of nitrogens with zero attached hydrogens (tertiary/aromatic N) is 3. The van der Waals surface area contributed by atoms with Crippen molar-refractivity contribution in [1.82, 2.24) is 24.5 Å². The van der Waals surface area contributed by atoms with E-state index in [-0.39, 0.29) is 5.56 Å². The molecule has 4 aromatic rings. The van der Waals surface area contributed by atoms with Crippen LogP contribution < -0.4 is 5.56 Å². The van der Waals surface area contributed by atoms with E-state index >= 15 is 0 Å². The van der Waals surface area contributed by atoms with Gasteiger partial charge in [0.15, 0.2) is 0 Å². The summed E-state index contributed by atoms with van der Waals surface area (Å²) in [5, 5.41) is 6.38. The average molecular weight is 369 g/mol. The molecule has 0 saturated carbocycles. The third kappa shape index (κ3) is 2.37. The van der Waals surface area contributed by atoms with Gasteiger partial charge in [-0.2, -0.15) is 0 Å². The molecular weight excluding hydrogens is 354 g/mol. The summed E-state index contributed by atoms with van der Waals surface area (Å²) in [6.07, 6.45) is 0.867. The van der Waals surface area contributed by atoms with Crippen LogP contribution >= 0.6 is 23.6 Å². The van der Waals surface area contributed by atoms with Crippen molar-refractivity contribution in [1.29, 1.82) is 0 Å². The zero-order chi connectivity index (χ0) is 17.0. The van der Waals surface area contributed by atoms with Crippen molar-refractivity contribution in [2.45, 2.75) is 19.5 Å². The Hall–Kier alpha value is -2.29. The van der Waals surface area contributed by atoms with Gasteiger partial charge >= 0.3 is 0 Å². The summed E-state index contributed by atoms with van der Waals surface area (Å²) in [6.45, 7) is 2.72. The van der Waals surface area contributed by atoms with Crippen LogP contribution in [0.15, 0.2) is 35.1 Å². The summed E-state index contributed by atoms with van der Waals surface area (Å²) >= 11 is 6.81. The number of fused-ring (bicyclic) bond motifs is 4. The Bertz CT molecular complexity index is 1200. The third-order valence-electron chi connectivity index (χ3n) is 4.69. The summed E-state index contributed by atoms with van der Waals surface area (Å²) in [4.78, 5) is 21.9. The van der Waals surface area contributed by atoms with Crippen molar-refractivity contribution >= 4 is 39.5 Å². The van der Waals surface area contributed by atoms with Gasteiger partial charge in [-0.1, -0.05) is 30.3 Å². The van der Waals surface area contributed by atoms with Gasteiger partial charge in [-0.3, -0.25) is 19.9 Å². The molecule has 0 amide bonds. The van der Waals surface area contributed by atoms with Gasteiger partial charge in [0, 0.05) is 24.5 Å². The number of hydrogen-bond donors (Lipinski definition) is 2. The van der Waals surface area contributed by atoms with Gasteiger partial charge in [0.2, 0.25) is 10.5 Å². The van der Waals surface area contributed by atoms with Gasteiger partial charge in [0.25, 0.3) is 5.56 Å². The number of hydrogen-bond acceptors (Lipinski definition) is 5. The minimum atomic E-state index is -0.0727. The summed E-state index contributed by atoms with van der Waals surface area (Å²) < 4.78 is 1.80. The lowest BCUT2D eigenvalue weighted by molar-refractivity contribution is 0.249. The highest BCUT2D eigenvalue weighted by molar-refractivity contribution is 7.71. The van der Waals surface area contributed by atoms with E-state index < -0.39 is 0 Å². The monoisotopic (exact) mass is 369 g/mol. The molecular formula is C17H15N5OS2. The molecule has 6 nitrogen and oxygen atoms in total. The van der Waals surface area contributed by atoms with Crippen LogP contribution in [0, 0.1) is 4.77 Å². The van der Waals surface area contributed by atoms with Gasteiger partial charge in [0.1, 0.15) is 4.83 Å². The number of rotatable bonds is 2. The predicted molar refractivity (Wildman–Crippen MR) is 101 cm³/mol. The molecule has 3 aromatic heterocycles. The summed E-state index contributed by atoms with van der Waals surface area (Å²) in [6, 6.07) is 10.5. The molecule has 5 rings (SSSR count). The molecule has 0 atom stereocenters. The van der Waals surface area contributed by atoms with Crippen LogP contribution in [0.2, 0.25) is 0 Å². The van der Waals surface area contributed by atoms with Gasteiger partial charge in [-0.25, -0.2) is 9.38 Å². The first-order valence-corrected chi connectivity index (χ1v) is 9.33. The quantitative estimate of drug-likeness (QED) is 0.533. The first kappa shape index (κ1) is 15.0. The van der Waals surface area contributed by atoms with Crippen LogP contribution in [0.5, 0.6) is 0 Å². The molecule has 0 radical (unpaired) electrons. The highest BCUT2D eigenvalue weighted by atomic mass is 32.1. The zero-order valence-electron chi connectivity index (χ0n) is 13.3.